The quantitative estimate of drug-likeness (QED) is 0.345. The van der Waals surface area contributed by atoms with Crippen LogP contribution in [0, 0.1) is 11.8 Å². The number of fused-ring (bicyclic) bond motifs is 2. The van der Waals surface area contributed by atoms with Gasteiger partial charge in [-0.1, -0.05) is 38.0 Å². The molecule has 4 heterocycles. The van der Waals surface area contributed by atoms with Crippen LogP contribution in [0.25, 0.3) is 0 Å². The van der Waals surface area contributed by atoms with Crippen molar-refractivity contribution in [3.8, 4) is 0 Å². The third-order valence-electron chi connectivity index (χ3n) is 7.81. The Morgan fingerprint density at radius 2 is 1.76 bits per heavy atom. The molecule has 34 heavy (non-hydrogen) atoms. The third kappa shape index (κ3) is 3.79. The van der Waals surface area contributed by atoms with Crippen LogP contribution in [-0.2, 0) is 23.9 Å². The lowest BCUT2D eigenvalue weighted by atomic mass is 9.73. The van der Waals surface area contributed by atoms with Gasteiger partial charge in [-0.05, 0) is 46.1 Å². The van der Waals surface area contributed by atoms with Crippen LogP contribution in [0.5, 0.6) is 0 Å². The average Bonchev–Trinajstić information content (AvgIpc) is 3.04. The summed E-state index contributed by atoms with van der Waals surface area (Å²) in [4.78, 5) is 44.8. The first-order valence-corrected chi connectivity index (χ1v) is 12.6. The molecule has 0 aromatic heterocycles. The number of hydrogen-bond acceptors (Lipinski definition) is 6. The Balaban J connectivity index is 1.78. The molecule has 1 unspecified atom stereocenters. The molecule has 0 radical (unpaired) electrons. The third-order valence-corrected chi connectivity index (χ3v) is 7.81. The van der Waals surface area contributed by atoms with E-state index in [4.69, 9.17) is 14.6 Å². The van der Waals surface area contributed by atoms with Gasteiger partial charge in [-0.3, -0.25) is 14.4 Å². The fourth-order valence-corrected chi connectivity index (χ4v) is 6.19. The van der Waals surface area contributed by atoms with Gasteiger partial charge in [-0.2, -0.15) is 0 Å². The molecule has 1 spiro atoms. The molecule has 5 atom stereocenters. The first kappa shape index (κ1) is 24.9. The van der Waals surface area contributed by atoms with Gasteiger partial charge in [-0.15, -0.1) is 0 Å². The number of likely N-dealkylation sites (tertiary alicyclic amines) is 1. The number of carbonyl (C=O) groups is 3. The molecule has 0 saturated carbocycles. The molecule has 2 amide bonds. The molecule has 4 aliphatic heterocycles. The zero-order chi connectivity index (χ0) is 24.7. The van der Waals surface area contributed by atoms with Crippen molar-refractivity contribution in [1.29, 1.82) is 0 Å². The lowest BCUT2D eigenvalue weighted by Crippen LogP contribution is -2.59. The van der Waals surface area contributed by atoms with Crippen LogP contribution in [0.3, 0.4) is 0 Å². The van der Waals surface area contributed by atoms with E-state index < -0.39 is 40.6 Å². The minimum Gasteiger partial charge on any atom is -0.461 e. The summed E-state index contributed by atoms with van der Waals surface area (Å²) in [6, 6.07) is -0.836. The monoisotopic (exact) mass is 474 g/mol. The van der Waals surface area contributed by atoms with Crippen molar-refractivity contribution in [3.05, 3.63) is 24.3 Å². The summed E-state index contributed by atoms with van der Waals surface area (Å²) in [7, 11) is 0. The number of rotatable bonds is 7. The van der Waals surface area contributed by atoms with E-state index in [2.05, 4.69) is 0 Å². The van der Waals surface area contributed by atoms with Gasteiger partial charge in [-0.25, -0.2) is 0 Å². The van der Waals surface area contributed by atoms with Gasteiger partial charge in [0.15, 0.2) is 0 Å². The normalized spacial score (nSPS) is 35.1. The number of carbonyl (C=O) groups excluding carboxylic acids is 3. The molecule has 0 aromatic carbocycles. The Bertz CT molecular complexity index is 892. The number of aliphatic hydroxyl groups is 1. The van der Waals surface area contributed by atoms with Crippen molar-refractivity contribution in [2.24, 2.45) is 11.8 Å². The lowest BCUT2D eigenvalue weighted by molar-refractivity contribution is -0.160. The number of aliphatic hydroxyl groups excluding tert-OH is 1. The standard InChI is InChI=1S/C26H38N2O6/c1-5-25-12-11-17-33-23(32)19(25)18-21(30)27(14-8-6-7-9-16-29)20-22(31)28(24(2,3)4)15-10-13-26(18,20)34-25/h10-13,18-20,29H,5-9,14-17H2,1-4H3/t18-,19+,20?,25-,26-/m0/s1. The number of unbranched alkanes of at least 4 members (excludes halogenated alkanes) is 3. The van der Waals surface area contributed by atoms with E-state index >= 15 is 0 Å². The molecular weight excluding hydrogens is 436 g/mol. The minimum atomic E-state index is -1.22. The van der Waals surface area contributed by atoms with E-state index in [9.17, 15) is 14.4 Å². The molecule has 0 aliphatic carbocycles. The Morgan fingerprint density at radius 1 is 1.03 bits per heavy atom. The second-order valence-electron chi connectivity index (χ2n) is 10.8. The number of nitrogens with zero attached hydrogens (tertiary/aromatic N) is 2. The topological polar surface area (TPSA) is 96.4 Å². The predicted octanol–water partition coefficient (Wildman–Crippen LogP) is 2.21. The van der Waals surface area contributed by atoms with Crippen molar-refractivity contribution in [2.75, 3.05) is 26.3 Å². The Hall–Kier alpha value is -2.19. The molecule has 1 N–H and O–H groups in total. The second-order valence-corrected chi connectivity index (χ2v) is 10.8. The van der Waals surface area contributed by atoms with Crippen LogP contribution in [-0.4, -0.2) is 81.8 Å². The first-order valence-electron chi connectivity index (χ1n) is 12.6. The number of hydrogen-bond donors (Lipinski definition) is 1. The molecule has 4 rings (SSSR count). The maximum absolute atomic E-state index is 14.1. The summed E-state index contributed by atoms with van der Waals surface area (Å²) in [5.41, 5.74) is -2.65. The molecular formula is C26H38N2O6. The van der Waals surface area contributed by atoms with Crippen LogP contribution in [0.1, 0.15) is 59.8 Å². The molecule has 2 saturated heterocycles. The van der Waals surface area contributed by atoms with Gasteiger partial charge in [0.25, 0.3) is 0 Å². The number of amides is 2. The van der Waals surface area contributed by atoms with Crippen molar-refractivity contribution in [3.63, 3.8) is 0 Å². The largest absolute Gasteiger partial charge is 0.461 e. The van der Waals surface area contributed by atoms with Gasteiger partial charge in [0.05, 0.1) is 5.92 Å². The zero-order valence-electron chi connectivity index (χ0n) is 20.8. The van der Waals surface area contributed by atoms with Crippen LogP contribution in [0.4, 0.5) is 0 Å². The minimum absolute atomic E-state index is 0.143. The number of cyclic esters (lactones) is 1. The van der Waals surface area contributed by atoms with E-state index in [-0.39, 0.29) is 25.0 Å². The molecule has 2 fully saturated rings. The van der Waals surface area contributed by atoms with Crippen molar-refractivity contribution in [2.45, 2.75) is 82.6 Å². The highest BCUT2D eigenvalue weighted by molar-refractivity contribution is 5.99. The summed E-state index contributed by atoms with van der Waals surface area (Å²) < 4.78 is 12.3. The zero-order valence-corrected chi connectivity index (χ0v) is 20.8. The van der Waals surface area contributed by atoms with Gasteiger partial charge < -0.3 is 24.4 Å². The number of ether oxygens (including phenoxy) is 2. The summed E-state index contributed by atoms with van der Waals surface area (Å²) in [5, 5.41) is 9.07. The Labute approximate surface area is 201 Å². The van der Waals surface area contributed by atoms with Crippen LogP contribution in [0.15, 0.2) is 24.3 Å². The van der Waals surface area contributed by atoms with Crippen LogP contribution in [0.2, 0.25) is 0 Å². The van der Waals surface area contributed by atoms with Gasteiger partial charge in [0.2, 0.25) is 11.8 Å². The summed E-state index contributed by atoms with van der Waals surface area (Å²) in [6.07, 6.45) is 11.1. The van der Waals surface area contributed by atoms with Gasteiger partial charge in [0.1, 0.15) is 29.8 Å². The average molecular weight is 475 g/mol. The Kier molecular flexibility index (Phi) is 6.68. The molecule has 4 aliphatic rings. The fourth-order valence-electron chi connectivity index (χ4n) is 6.19. The predicted molar refractivity (Wildman–Crippen MR) is 126 cm³/mol. The summed E-state index contributed by atoms with van der Waals surface area (Å²) >= 11 is 0. The molecule has 188 valence electrons. The van der Waals surface area contributed by atoms with Crippen LogP contribution >= 0.6 is 0 Å². The van der Waals surface area contributed by atoms with Gasteiger partial charge in [0, 0.05) is 25.2 Å². The maximum atomic E-state index is 14.1. The highest BCUT2D eigenvalue weighted by Gasteiger charge is 2.75. The van der Waals surface area contributed by atoms with E-state index in [1.807, 2.05) is 45.9 Å². The smallest absolute Gasteiger partial charge is 0.313 e. The number of esters is 1. The fraction of sp³-hybridized carbons (Fsp3) is 0.731. The van der Waals surface area contributed by atoms with Crippen LogP contribution < -0.4 is 0 Å². The maximum Gasteiger partial charge on any atom is 0.313 e. The second kappa shape index (κ2) is 9.11. The van der Waals surface area contributed by atoms with Crippen molar-refractivity contribution in [1.82, 2.24) is 9.80 Å². The lowest BCUT2D eigenvalue weighted by Gasteiger charge is -2.41. The van der Waals surface area contributed by atoms with E-state index in [1.165, 1.54) is 0 Å². The van der Waals surface area contributed by atoms with E-state index in [0.29, 0.717) is 32.4 Å². The molecule has 8 heteroatoms. The highest BCUT2D eigenvalue weighted by Crippen LogP contribution is 2.58. The van der Waals surface area contributed by atoms with Crippen molar-refractivity contribution < 1.29 is 29.0 Å². The summed E-state index contributed by atoms with van der Waals surface area (Å²) in [6.45, 7) is 9.01. The van der Waals surface area contributed by atoms with Gasteiger partial charge >= 0.3 is 5.97 Å². The van der Waals surface area contributed by atoms with E-state index in [1.54, 1.807) is 15.9 Å². The molecule has 0 bridgehead atoms. The molecule has 8 nitrogen and oxygen atoms in total. The SMILES string of the molecule is CC[C@]12C=CCOC(=O)[C@H]1[C@H]1C(=O)N(CCCCCCO)C3C(=O)N(C(C)(C)C)CC=C[C@@]31O2. The van der Waals surface area contributed by atoms with E-state index in [0.717, 1.165) is 12.8 Å². The highest BCUT2D eigenvalue weighted by atomic mass is 16.6. The Morgan fingerprint density at radius 3 is 2.44 bits per heavy atom. The first-order chi connectivity index (χ1) is 16.1. The summed E-state index contributed by atoms with van der Waals surface area (Å²) in [5.74, 6) is -2.42. The molecule has 0 aromatic rings. The van der Waals surface area contributed by atoms with Crippen molar-refractivity contribution >= 4 is 17.8 Å².